The van der Waals surface area contributed by atoms with Gasteiger partial charge in [-0.05, 0) is 6.07 Å². The van der Waals surface area contributed by atoms with Gasteiger partial charge in [0.05, 0.1) is 11.5 Å². The number of benzene rings is 1. The number of aromatic nitrogens is 1. The molecule has 0 aliphatic carbocycles. The fourth-order valence-electron chi connectivity index (χ4n) is 1.14. The fraction of sp³-hybridized carbons (Fsp3) is 0.100. The van der Waals surface area contributed by atoms with Gasteiger partial charge in [-0.2, -0.15) is 0 Å². The van der Waals surface area contributed by atoms with Crippen molar-refractivity contribution in [3.63, 3.8) is 0 Å². The highest BCUT2D eigenvalue weighted by molar-refractivity contribution is 9.10. The van der Waals surface area contributed by atoms with E-state index in [1.807, 2.05) is 24.3 Å². The van der Waals surface area contributed by atoms with Gasteiger partial charge < -0.3 is 5.11 Å². The molecule has 0 saturated carbocycles. The minimum atomic E-state index is 0.0577. The highest BCUT2D eigenvalue weighted by Gasteiger charge is 2.06. The Morgan fingerprint density at radius 3 is 2.79 bits per heavy atom. The molecule has 1 N–H and O–H groups in total. The Hall–Kier alpha value is -0.710. The largest absolute Gasteiger partial charge is 0.391 e. The third-order valence-corrected chi connectivity index (χ3v) is 3.52. The maximum atomic E-state index is 8.93. The molecule has 2 rings (SSSR count). The first kappa shape index (κ1) is 9.83. The molecule has 0 amide bonds. The van der Waals surface area contributed by atoms with Gasteiger partial charge in [-0.25, -0.2) is 4.98 Å². The van der Waals surface area contributed by atoms with Crippen LogP contribution in [0.5, 0.6) is 0 Å². The quantitative estimate of drug-likeness (QED) is 0.909. The van der Waals surface area contributed by atoms with E-state index >= 15 is 0 Å². The normalized spacial score (nSPS) is 10.4. The van der Waals surface area contributed by atoms with Gasteiger partial charge in [-0.1, -0.05) is 34.1 Å². The summed E-state index contributed by atoms with van der Waals surface area (Å²) in [7, 11) is 0. The molecule has 0 bridgehead atoms. The topological polar surface area (TPSA) is 33.1 Å². The van der Waals surface area contributed by atoms with E-state index in [2.05, 4.69) is 20.9 Å². The van der Waals surface area contributed by atoms with Gasteiger partial charge in [-0.15, -0.1) is 11.3 Å². The third-order valence-electron chi connectivity index (χ3n) is 1.81. The van der Waals surface area contributed by atoms with E-state index in [0.29, 0.717) is 0 Å². The molecule has 0 unspecified atom stereocenters. The molecule has 72 valence electrons. The van der Waals surface area contributed by atoms with Crippen LogP contribution in [0.3, 0.4) is 0 Å². The number of hydrogen-bond acceptors (Lipinski definition) is 3. The first-order chi connectivity index (χ1) is 6.81. The van der Waals surface area contributed by atoms with Crippen LogP contribution in [0.15, 0.2) is 34.9 Å². The minimum absolute atomic E-state index is 0.0577. The zero-order valence-electron chi connectivity index (χ0n) is 7.27. The van der Waals surface area contributed by atoms with Crippen LogP contribution in [-0.4, -0.2) is 10.1 Å². The number of aliphatic hydroxyl groups is 1. The van der Waals surface area contributed by atoms with Crippen molar-refractivity contribution < 1.29 is 5.11 Å². The molecule has 0 fully saturated rings. The summed E-state index contributed by atoms with van der Waals surface area (Å²) in [4.78, 5) is 5.13. The molecule has 0 saturated heterocycles. The number of aliphatic hydroxyl groups excluding tert-OH is 1. The van der Waals surface area contributed by atoms with Crippen LogP contribution in [-0.2, 0) is 6.61 Å². The Bertz CT molecular complexity index is 441. The van der Waals surface area contributed by atoms with E-state index in [1.165, 1.54) is 11.3 Å². The average molecular weight is 270 g/mol. The monoisotopic (exact) mass is 269 g/mol. The van der Waals surface area contributed by atoms with Gasteiger partial charge in [0.1, 0.15) is 5.01 Å². The molecule has 0 atom stereocenters. The first-order valence-corrected chi connectivity index (χ1v) is 5.72. The molecular weight excluding hydrogens is 262 g/mol. The summed E-state index contributed by atoms with van der Waals surface area (Å²) in [6, 6.07) is 7.92. The first-order valence-electron chi connectivity index (χ1n) is 4.11. The second kappa shape index (κ2) is 4.21. The highest BCUT2D eigenvalue weighted by atomic mass is 79.9. The van der Waals surface area contributed by atoms with Crippen molar-refractivity contribution in [2.75, 3.05) is 0 Å². The van der Waals surface area contributed by atoms with E-state index in [1.54, 1.807) is 6.20 Å². The van der Waals surface area contributed by atoms with E-state index in [4.69, 9.17) is 5.11 Å². The summed E-state index contributed by atoms with van der Waals surface area (Å²) >= 11 is 4.98. The highest BCUT2D eigenvalue weighted by Crippen LogP contribution is 2.30. The second-order valence-electron chi connectivity index (χ2n) is 2.77. The summed E-state index contributed by atoms with van der Waals surface area (Å²) in [5.41, 5.74) is 1.07. The van der Waals surface area contributed by atoms with E-state index in [9.17, 15) is 0 Å². The van der Waals surface area contributed by atoms with Gasteiger partial charge in [0.15, 0.2) is 0 Å². The molecular formula is C10H8BrNOS. The Kier molecular flexibility index (Phi) is 2.96. The van der Waals surface area contributed by atoms with Crippen molar-refractivity contribution in [1.82, 2.24) is 4.98 Å². The van der Waals surface area contributed by atoms with Gasteiger partial charge in [0.25, 0.3) is 0 Å². The molecule has 0 radical (unpaired) electrons. The van der Waals surface area contributed by atoms with Gasteiger partial charge >= 0.3 is 0 Å². The molecule has 1 aromatic carbocycles. The lowest BCUT2D eigenvalue weighted by Crippen LogP contribution is -1.75. The van der Waals surface area contributed by atoms with Crippen molar-refractivity contribution in [3.8, 4) is 10.6 Å². The van der Waals surface area contributed by atoms with Gasteiger partial charge in [0, 0.05) is 16.2 Å². The Labute approximate surface area is 94.4 Å². The molecule has 0 aliphatic heterocycles. The molecule has 2 nitrogen and oxygen atoms in total. The zero-order valence-corrected chi connectivity index (χ0v) is 9.68. The number of thiazole rings is 1. The molecule has 1 heterocycles. The molecule has 14 heavy (non-hydrogen) atoms. The van der Waals surface area contributed by atoms with Crippen LogP contribution < -0.4 is 0 Å². The SMILES string of the molecule is OCc1cnc(-c2ccccc2Br)s1. The van der Waals surface area contributed by atoms with Crippen LogP contribution in [0.25, 0.3) is 10.6 Å². The molecule has 0 aliphatic rings. The van der Waals surface area contributed by atoms with Crippen LogP contribution in [0.4, 0.5) is 0 Å². The number of rotatable bonds is 2. The predicted octanol–water partition coefficient (Wildman–Crippen LogP) is 3.06. The second-order valence-corrected chi connectivity index (χ2v) is 4.74. The van der Waals surface area contributed by atoms with Crippen molar-refractivity contribution in [1.29, 1.82) is 0 Å². The van der Waals surface area contributed by atoms with Gasteiger partial charge in [-0.3, -0.25) is 0 Å². The molecule has 0 spiro atoms. The standard InChI is InChI=1S/C10H8BrNOS/c11-9-4-2-1-3-8(9)10-12-5-7(6-13)14-10/h1-5,13H,6H2. The van der Waals surface area contributed by atoms with Crippen LogP contribution >= 0.6 is 27.3 Å². The summed E-state index contributed by atoms with van der Waals surface area (Å²) in [6.45, 7) is 0.0577. The van der Waals surface area contributed by atoms with Crippen LogP contribution in [0.1, 0.15) is 4.88 Å². The summed E-state index contributed by atoms with van der Waals surface area (Å²) in [5, 5.41) is 9.86. The average Bonchev–Trinajstić information content (AvgIpc) is 2.67. The maximum Gasteiger partial charge on any atom is 0.124 e. The van der Waals surface area contributed by atoms with Crippen molar-refractivity contribution in [2.45, 2.75) is 6.61 Å². The molecule has 1 aromatic heterocycles. The Morgan fingerprint density at radius 1 is 1.36 bits per heavy atom. The molecule has 2 aromatic rings. The van der Waals surface area contributed by atoms with Crippen LogP contribution in [0.2, 0.25) is 0 Å². The van der Waals surface area contributed by atoms with Crippen molar-refractivity contribution in [2.24, 2.45) is 0 Å². The number of halogens is 1. The summed E-state index contributed by atoms with van der Waals surface area (Å²) in [5.74, 6) is 0. The van der Waals surface area contributed by atoms with Crippen molar-refractivity contribution in [3.05, 3.63) is 39.8 Å². The fourth-order valence-corrected chi connectivity index (χ4v) is 2.56. The van der Waals surface area contributed by atoms with Gasteiger partial charge in [0.2, 0.25) is 0 Å². The van der Waals surface area contributed by atoms with Crippen LogP contribution in [0, 0.1) is 0 Å². The zero-order chi connectivity index (χ0) is 9.97. The Balaban J connectivity index is 2.44. The lowest BCUT2D eigenvalue weighted by atomic mass is 10.2. The minimum Gasteiger partial charge on any atom is -0.391 e. The summed E-state index contributed by atoms with van der Waals surface area (Å²) in [6.07, 6.45) is 1.71. The smallest absolute Gasteiger partial charge is 0.124 e. The summed E-state index contributed by atoms with van der Waals surface area (Å²) < 4.78 is 1.03. The van der Waals surface area contributed by atoms with Crippen molar-refractivity contribution >= 4 is 27.3 Å². The Morgan fingerprint density at radius 2 is 2.14 bits per heavy atom. The third kappa shape index (κ3) is 1.87. The number of nitrogens with zero attached hydrogens (tertiary/aromatic N) is 1. The van der Waals surface area contributed by atoms with E-state index in [-0.39, 0.29) is 6.61 Å². The van der Waals surface area contributed by atoms with E-state index < -0.39 is 0 Å². The number of hydrogen-bond donors (Lipinski definition) is 1. The maximum absolute atomic E-state index is 8.93. The molecule has 4 heteroatoms. The lowest BCUT2D eigenvalue weighted by Gasteiger charge is -1.98. The van der Waals surface area contributed by atoms with E-state index in [0.717, 1.165) is 19.9 Å². The lowest BCUT2D eigenvalue weighted by molar-refractivity contribution is 0.285. The predicted molar refractivity (Wildman–Crippen MR) is 61.2 cm³/mol.